The molecule has 0 saturated heterocycles. The largest absolute Gasteiger partial charge is 0.462 e. The minimum atomic E-state index is -0.778. The fourth-order valence-electron chi connectivity index (χ4n) is 11.1. The SMILES string of the molecule is CCC/C=C\CCCCCCCC(=O)OCC(COC(=O)CCCCCCCCCCCCCCCCCCCCCCCCCCCCCCCCCCCCC)OC(=O)CCCCCCCCC/C=C\C/C=C\CCCCCC. The lowest BCUT2D eigenvalue weighted by molar-refractivity contribution is -0.167. The van der Waals surface area contributed by atoms with E-state index in [9.17, 15) is 14.4 Å². The number of hydrogen-bond acceptors (Lipinski definition) is 6. The minimum Gasteiger partial charge on any atom is -0.462 e. The van der Waals surface area contributed by atoms with E-state index in [1.54, 1.807) is 0 Å². The van der Waals surface area contributed by atoms with Gasteiger partial charge in [-0.2, -0.15) is 0 Å². The van der Waals surface area contributed by atoms with Crippen molar-refractivity contribution in [3.63, 3.8) is 0 Å². The highest BCUT2D eigenvalue weighted by molar-refractivity contribution is 5.71. The van der Waals surface area contributed by atoms with Crippen molar-refractivity contribution in [2.45, 2.75) is 412 Å². The quantitative estimate of drug-likeness (QED) is 0.0261. The fourth-order valence-corrected chi connectivity index (χ4v) is 11.1. The van der Waals surface area contributed by atoms with Gasteiger partial charge < -0.3 is 14.2 Å². The van der Waals surface area contributed by atoms with Gasteiger partial charge in [0.05, 0.1) is 0 Å². The highest BCUT2D eigenvalue weighted by atomic mass is 16.6. The molecule has 1 atom stereocenters. The average molecular weight is 1140 g/mol. The summed E-state index contributed by atoms with van der Waals surface area (Å²) in [6.45, 7) is 6.61. The first-order chi connectivity index (χ1) is 40.0. The summed E-state index contributed by atoms with van der Waals surface area (Å²) in [5.41, 5.74) is 0. The molecule has 0 aliphatic carbocycles. The Balaban J connectivity index is 4.01. The third-order valence-corrected chi connectivity index (χ3v) is 16.6. The van der Waals surface area contributed by atoms with Crippen LogP contribution in [0.25, 0.3) is 0 Å². The van der Waals surface area contributed by atoms with E-state index in [-0.39, 0.29) is 31.1 Å². The van der Waals surface area contributed by atoms with Crippen LogP contribution in [0.3, 0.4) is 0 Å². The number of carbonyl (C=O) groups is 3. The van der Waals surface area contributed by atoms with Crippen LogP contribution >= 0.6 is 0 Å². The van der Waals surface area contributed by atoms with E-state index in [1.165, 1.54) is 283 Å². The molecule has 81 heavy (non-hydrogen) atoms. The van der Waals surface area contributed by atoms with Crippen LogP contribution in [0.2, 0.25) is 0 Å². The van der Waals surface area contributed by atoms with Gasteiger partial charge >= 0.3 is 17.9 Å². The second-order valence-electron chi connectivity index (χ2n) is 24.9. The van der Waals surface area contributed by atoms with Crippen molar-refractivity contribution in [2.24, 2.45) is 0 Å². The number of rotatable bonds is 68. The molecule has 0 aliphatic rings. The summed E-state index contributed by atoms with van der Waals surface area (Å²) in [5.74, 6) is -0.870. The van der Waals surface area contributed by atoms with Crippen molar-refractivity contribution in [3.05, 3.63) is 36.5 Å². The lowest BCUT2D eigenvalue weighted by Crippen LogP contribution is -2.30. The molecule has 0 radical (unpaired) electrons. The lowest BCUT2D eigenvalue weighted by Gasteiger charge is -2.18. The van der Waals surface area contributed by atoms with Crippen molar-refractivity contribution >= 4 is 17.9 Å². The Hall–Kier alpha value is -2.37. The minimum absolute atomic E-state index is 0.0742. The van der Waals surface area contributed by atoms with Gasteiger partial charge in [-0.15, -0.1) is 0 Å². The molecule has 0 saturated carbocycles. The van der Waals surface area contributed by atoms with Gasteiger partial charge in [0.1, 0.15) is 13.2 Å². The summed E-state index contributed by atoms with van der Waals surface area (Å²) >= 11 is 0. The zero-order chi connectivity index (χ0) is 58.5. The highest BCUT2D eigenvalue weighted by Crippen LogP contribution is 2.19. The first kappa shape index (κ1) is 78.6. The Morgan fingerprint density at radius 3 is 0.753 bits per heavy atom. The van der Waals surface area contributed by atoms with Crippen LogP contribution < -0.4 is 0 Å². The van der Waals surface area contributed by atoms with Gasteiger partial charge in [0.2, 0.25) is 0 Å². The number of ether oxygens (including phenoxy) is 3. The molecule has 0 aromatic carbocycles. The zero-order valence-electron chi connectivity index (χ0n) is 54.8. The molecule has 0 spiro atoms. The molecule has 0 bridgehead atoms. The van der Waals surface area contributed by atoms with Crippen LogP contribution in [0.15, 0.2) is 36.5 Å². The molecule has 476 valence electrons. The molecule has 6 nitrogen and oxygen atoms in total. The Labute approximate surface area is 506 Å². The third-order valence-electron chi connectivity index (χ3n) is 16.6. The van der Waals surface area contributed by atoms with Crippen LogP contribution in [0.1, 0.15) is 406 Å². The van der Waals surface area contributed by atoms with Crippen LogP contribution in [0.4, 0.5) is 0 Å². The standard InChI is InChI=1S/C75H140O6/c1-4-7-10-13-16-19-22-24-26-28-30-31-32-33-34-35-36-37-38-39-40-41-42-43-44-45-46-48-49-51-53-56-59-62-65-68-74(77)80-71-72(70-79-73(76)67-64-61-58-55-21-18-15-12-9-6-3)81-75(78)69-66-63-60-57-54-52-50-47-29-27-25-23-20-17-14-11-8-5-2/h12,15,20,23,27,29,72H,4-11,13-14,16-19,21-22,24-26,28,30-71H2,1-3H3/b15-12-,23-20-,29-27-. The first-order valence-electron chi connectivity index (χ1n) is 36.5. The number of carbonyl (C=O) groups excluding carboxylic acids is 3. The molecule has 0 N–H and O–H groups in total. The zero-order valence-corrected chi connectivity index (χ0v) is 54.8. The van der Waals surface area contributed by atoms with E-state index in [1.807, 2.05) is 0 Å². The number of allylic oxidation sites excluding steroid dienone is 6. The fraction of sp³-hybridized carbons (Fsp3) is 0.880. The van der Waals surface area contributed by atoms with Crippen molar-refractivity contribution in [1.82, 2.24) is 0 Å². The molecular formula is C75H140O6. The number of unbranched alkanes of at least 4 members (excludes halogenated alkanes) is 51. The van der Waals surface area contributed by atoms with Crippen LogP contribution in [-0.4, -0.2) is 37.2 Å². The topological polar surface area (TPSA) is 78.9 Å². The van der Waals surface area contributed by atoms with E-state index in [0.717, 1.165) is 83.5 Å². The van der Waals surface area contributed by atoms with Crippen molar-refractivity contribution < 1.29 is 28.6 Å². The maximum absolute atomic E-state index is 12.9. The summed E-state index contributed by atoms with van der Waals surface area (Å²) in [7, 11) is 0. The Morgan fingerprint density at radius 1 is 0.247 bits per heavy atom. The van der Waals surface area contributed by atoms with E-state index in [0.29, 0.717) is 19.3 Å². The Morgan fingerprint density at radius 2 is 0.469 bits per heavy atom. The molecule has 0 heterocycles. The van der Waals surface area contributed by atoms with E-state index in [2.05, 4.69) is 57.2 Å². The van der Waals surface area contributed by atoms with Crippen molar-refractivity contribution in [2.75, 3.05) is 13.2 Å². The molecule has 0 aliphatic heterocycles. The maximum Gasteiger partial charge on any atom is 0.306 e. The summed E-state index contributed by atoms with van der Waals surface area (Å²) in [6, 6.07) is 0. The van der Waals surface area contributed by atoms with Gasteiger partial charge in [0.15, 0.2) is 6.10 Å². The van der Waals surface area contributed by atoms with Gasteiger partial charge in [0, 0.05) is 19.3 Å². The van der Waals surface area contributed by atoms with Gasteiger partial charge in [-0.3, -0.25) is 14.4 Å². The monoisotopic (exact) mass is 1140 g/mol. The summed E-state index contributed by atoms with van der Waals surface area (Å²) < 4.78 is 16.9. The van der Waals surface area contributed by atoms with Gasteiger partial charge in [-0.1, -0.05) is 353 Å². The normalized spacial score (nSPS) is 12.2. The molecule has 0 amide bonds. The smallest absolute Gasteiger partial charge is 0.306 e. The lowest BCUT2D eigenvalue weighted by atomic mass is 10.0. The predicted molar refractivity (Wildman–Crippen MR) is 353 cm³/mol. The molecule has 1 unspecified atom stereocenters. The molecule has 0 aromatic rings. The molecule has 0 aromatic heterocycles. The van der Waals surface area contributed by atoms with Gasteiger partial charge in [-0.05, 0) is 70.6 Å². The van der Waals surface area contributed by atoms with Crippen molar-refractivity contribution in [1.29, 1.82) is 0 Å². The van der Waals surface area contributed by atoms with E-state index < -0.39 is 6.10 Å². The average Bonchev–Trinajstić information content (AvgIpc) is 3.47. The second-order valence-corrected chi connectivity index (χ2v) is 24.9. The highest BCUT2D eigenvalue weighted by Gasteiger charge is 2.19. The maximum atomic E-state index is 12.9. The number of esters is 3. The Kier molecular flexibility index (Phi) is 68.1. The predicted octanol–water partition coefficient (Wildman–Crippen LogP) is 25.1. The molecule has 0 fully saturated rings. The van der Waals surface area contributed by atoms with Crippen LogP contribution in [0, 0.1) is 0 Å². The number of hydrogen-bond donors (Lipinski definition) is 0. The van der Waals surface area contributed by atoms with E-state index in [4.69, 9.17) is 14.2 Å². The summed E-state index contributed by atoms with van der Waals surface area (Å²) in [6.07, 6.45) is 87.9. The molecule has 0 rings (SSSR count). The summed E-state index contributed by atoms with van der Waals surface area (Å²) in [5, 5.41) is 0. The Bertz CT molecular complexity index is 1350. The van der Waals surface area contributed by atoms with Crippen LogP contribution in [-0.2, 0) is 28.6 Å². The van der Waals surface area contributed by atoms with Gasteiger partial charge in [-0.25, -0.2) is 0 Å². The van der Waals surface area contributed by atoms with Gasteiger partial charge in [0.25, 0.3) is 0 Å². The van der Waals surface area contributed by atoms with E-state index >= 15 is 0 Å². The van der Waals surface area contributed by atoms with Crippen molar-refractivity contribution in [3.8, 4) is 0 Å². The molecular weight excluding hydrogens is 997 g/mol. The first-order valence-corrected chi connectivity index (χ1v) is 36.5. The second kappa shape index (κ2) is 70.1. The summed E-state index contributed by atoms with van der Waals surface area (Å²) in [4.78, 5) is 38.3. The van der Waals surface area contributed by atoms with Crippen LogP contribution in [0.5, 0.6) is 0 Å². The molecule has 6 heteroatoms. The third kappa shape index (κ3) is 68.3.